The predicted molar refractivity (Wildman–Crippen MR) is 132 cm³/mol. The Morgan fingerprint density at radius 3 is 2.34 bits per heavy atom. The molecule has 2 spiro atoms. The van der Waals surface area contributed by atoms with E-state index in [9.17, 15) is 10.2 Å². The third-order valence-corrected chi connectivity index (χ3v) is 12.8. The SMILES string of the molecule is C=C(CCC(C)C1CCC2C3CCC4C(C)(C)C(O)CCC45CC35CCC12C)C(C)(C)O. The van der Waals surface area contributed by atoms with Gasteiger partial charge in [-0.3, -0.25) is 0 Å². The zero-order chi connectivity index (χ0) is 23.3. The van der Waals surface area contributed by atoms with E-state index in [1.807, 2.05) is 13.8 Å². The Kier molecular flexibility index (Phi) is 5.19. The minimum Gasteiger partial charge on any atom is -0.393 e. The van der Waals surface area contributed by atoms with E-state index in [1.54, 1.807) is 0 Å². The zero-order valence-electron chi connectivity index (χ0n) is 21.8. The van der Waals surface area contributed by atoms with E-state index in [0.29, 0.717) is 22.2 Å². The van der Waals surface area contributed by atoms with Crippen LogP contribution in [0.2, 0.25) is 0 Å². The summed E-state index contributed by atoms with van der Waals surface area (Å²) in [4.78, 5) is 0. The molecule has 0 amide bonds. The molecule has 5 aliphatic carbocycles. The van der Waals surface area contributed by atoms with Crippen molar-refractivity contribution in [2.45, 2.75) is 124 Å². The van der Waals surface area contributed by atoms with Crippen LogP contribution in [0.15, 0.2) is 12.2 Å². The van der Waals surface area contributed by atoms with Gasteiger partial charge in [-0.25, -0.2) is 0 Å². The highest BCUT2D eigenvalue weighted by molar-refractivity contribution is 5.28. The fraction of sp³-hybridized carbons (Fsp3) is 0.933. The fourth-order valence-electron chi connectivity index (χ4n) is 10.8. The molecule has 0 radical (unpaired) electrons. The first kappa shape index (κ1) is 23.4. The second-order valence-electron chi connectivity index (χ2n) is 14.6. The smallest absolute Gasteiger partial charge is 0.0798 e. The van der Waals surface area contributed by atoms with Gasteiger partial charge in [0.05, 0.1) is 11.7 Å². The molecule has 0 aromatic carbocycles. The van der Waals surface area contributed by atoms with Crippen molar-refractivity contribution in [1.82, 2.24) is 0 Å². The summed E-state index contributed by atoms with van der Waals surface area (Å²) in [5.74, 6) is 4.13. The molecule has 0 aromatic heterocycles. The monoisotopic (exact) mass is 442 g/mol. The van der Waals surface area contributed by atoms with Crippen LogP contribution >= 0.6 is 0 Å². The lowest BCUT2D eigenvalue weighted by Gasteiger charge is -2.59. The molecule has 2 nitrogen and oxygen atoms in total. The van der Waals surface area contributed by atoms with E-state index in [4.69, 9.17) is 0 Å². The average molecular weight is 443 g/mol. The topological polar surface area (TPSA) is 40.5 Å². The Morgan fingerprint density at radius 1 is 0.969 bits per heavy atom. The van der Waals surface area contributed by atoms with E-state index in [0.717, 1.165) is 42.1 Å². The van der Waals surface area contributed by atoms with Gasteiger partial charge in [0.1, 0.15) is 0 Å². The fourth-order valence-corrected chi connectivity index (χ4v) is 10.8. The summed E-state index contributed by atoms with van der Waals surface area (Å²) in [5.41, 5.74) is 2.03. The van der Waals surface area contributed by atoms with E-state index >= 15 is 0 Å². The molecule has 5 saturated carbocycles. The molecule has 0 bridgehead atoms. The molecule has 0 aromatic rings. The zero-order valence-corrected chi connectivity index (χ0v) is 21.8. The van der Waals surface area contributed by atoms with Crippen molar-refractivity contribution in [2.75, 3.05) is 0 Å². The van der Waals surface area contributed by atoms with Gasteiger partial charge >= 0.3 is 0 Å². The van der Waals surface area contributed by atoms with Gasteiger partial charge in [0.25, 0.3) is 0 Å². The van der Waals surface area contributed by atoms with Gasteiger partial charge in [0.15, 0.2) is 0 Å². The second kappa shape index (κ2) is 7.09. The summed E-state index contributed by atoms with van der Waals surface area (Å²) in [6.07, 6.45) is 14.3. The summed E-state index contributed by atoms with van der Waals surface area (Å²) in [6.45, 7) is 17.8. The van der Waals surface area contributed by atoms with Gasteiger partial charge in [-0.05, 0) is 141 Å². The van der Waals surface area contributed by atoms with Crippen LogP contribution in [0.4, 0.5) is 0 Å². The molecule has 2 N–H and O–H groups in total. The Bertz CT molecular complexity index is 776. The summed E-state index contributed by atoms with van der Waals surface area (Å²) in [6, 6.07) is 0. The van der Waals surface area contributed by atoms with Crippen molar-refractivity contribution in [3.05, 3.63) is 12.2 Å². The van der Waals surface area contributed by atoms with E-state index in [2.05, 4.69) is 34.3 Å². The molecule has 9 atom stereocenters. The van der Waals surface area contributed by atoms with Crippen LogP contribution in [-0.4, -0.2) is 21.9 Å². The van der Waals surface area contributed by atoms with Gasteiger partial charge in [-0.1, -0.05) is 34.3 Å². The van der Waals surface area contributed by atoms with Crippen LogP contribution in [0.3, 0.4) is 0 Å². The van der Waals surface area contributed by atoms with Crippen LogP contribution in [0.1, 0.15) is 112 Å². The van der Waals surface area contributed by atoms with Crippen molar-refractivity contribution in [1.29, 1.82) is 0 Å². The first-order valence-electron chi connectivity index (χ1n) is 13.9. The predicted octanol–water partition coefficient (Wildman–Crippen LogP) is 7.14. The summed E-state index contributed by atoms with van der Waals surface area (Å²) >= 11 is 0. The molecule has 0 saturated heterocycles. The molecule has 2 heteroatoms. The Balaban J connectivity index is 1.33. The van der Waals surface area contributed by atoms with Crippen molar-refractivity contribution in [3.63, 3.8) is 0 Å². The lowest BCUT2D eigenvalue weighted by molar-refractivity contribution is -0.133. The first-order chi connectivity index (χ1) is 14.8. The second-order valence-corrected chi connectivity index (χ2v) is 14.6. The van der Waals surface area contributed by atoms with Crippen LogP contribution in [0.5, 0.6) is 0 Å². The third kappa shape index (κ3) is 2.96. The van der Waals surface area contributed by atoms with Crippen molar-refractivity contribution >= 4 is 0 Å². The lowest BCUT2D eigenvalue weighted by Crippen LogP contribution is -2.54. The molecule has 5 aliphatic rings. The number of hydrogen-bond acceptors (Lipinski definition) is 2. The van der Waals surface area contributed by atoms with Crippen LogP contribution in [-0.2, 0) is 0 Å². The summed E-state index contributed by atoms with van der Waals surface area (Å²) in [7, 11) is 0. The van der Waals surface area contributed by atoms with Crippen LogP contribution in [0.25, 0.3) is 0 Å². The molecule has 0 aliphatic heterocycles. The van der Waals surface area contributed by atoms with Gasteiger partial charge in [0, 0.05) is 0 Å². The van der Waals surface area contributed by atoms with Crippen LogP contribution in [0, 0.1) is 51.2 Å². The van der Waals surface area contributed by atoms with Gasteiger partial charge < -0.3 is 10.2 Å². The number of aliphatic hydroxyl groups excluding tert-OH is 1. The highest BCUT2D eigenvalue weighted by atomic mass is 16.3. The quantitative estimate of drug-likeness (QED) is 0.444. The molecule has 9 unspecified atom stereocenters. The number of rotatable bonds is 5. The van der Waals surface area contributed by atoms with Crippen molar-refractivity contribution in [2.24, 2.45) is 51.2 Å². The lowest BCUT2D eigenvalue weighted by atomic mass is 9.46. The normalized spacial score (nSPS) is 49.9. The van der Waals surface area contributed by atoms with Crippen molar-refractivity contribution in [3.8, 4) is 0 Å². The van der Waals surface area contributed by atoms with Crippen LogP contribution < -0.4 is 0 Å². The first-order valence-corrected chi connectivity index (χ1v) is 13.9. The maximum atomic E-state index is 10.8. The number of fused-ring (bicyclic) bond motifs is 2. The standard InChI is InChI=1S/C30H50O2/c1-19(8-9-20(2)27(5,6)32)21-10-11-22-23-12-13-24-26(3,4)25(31)14-15-30(24)18-29(23,30)17-16-28(21,22)7/h19,21-25,31-32H,2,8-18H2,1,3-7H3. The molecule has 32 heavy (non-hydrogen) atoms. The largest absolute Gasteiger partial charge is 0.393 e. The highest BCUT2D eigenvalue weighted by Gasteiger charge is 2.80. The Hall–Kier alpha value is -0.340. The maximum absolute atomic E-state index is 10.8. The average Bonchev–Trinajstić information content (AvgIpc) is 3.25. The molecular weight excluding hydrogens is 392 g/mol. The van der Waals surface area contributed by atoms with Crippen molar-refractivity contribution < 1.29 is 10.2 Å². The van der Waals surface area contributed by atoms with E-state index in [1.165, 1.54) is 57.8 Å². The minimum atomic E-state index is -0.751. The van der Waals surface area contributed by atoms with Gasteiger partial charge in [-0.2, -0.15) is 0 Å². The highest BCUT2D eigenvalue weighted by Crippen LogP contribution is 2.87. The minimum absolute atomic E-state index is 0.100. The molecular formula is C30H50O2. The molecule has 0 heterocycles. The van der Waals surface area contributed by atoms with Gasteiger partial charge in [-0.15, -0.1) is 0 Å². The molecule has 182 valence electrons. The Morgan fingerprint density at radius 2 is 1.66 bits per heavy atom. The van der Waals surface area contributed by atoms with Gasteiger partial charge in [0.2, 0.25) is 0 Å². The third-order valence-electron chi connectivity index (χ3n) is 12.8. The number of hydrogen-bond donors (Lipinski definition) is 2. The number of aliphatic hydroxyl groups is 2. The summed E-state index contributed by atoms with van der Waals surface area (Å²) < 4.78 is 0. The maximum Gasteiger partial charge on any atom is 0.0798 e. The summed E-state index contributed by atoms with van der Waals surface area (Å²) in [5, 5.41) is 21.1. The molecule has 5 rings (SSSR count). The Labute approximate surface area is 197 Å². The van der Waals surface area contributed by atoms with E-state index < -0.39 is 5.60 Å². The molecule has 5 fully saturated rings. The van der Waals surface area contributed by atoms with E-state index in [-0.39, 0.29) is 11.5 Å².